The first-order chi connectivity index (χ1) is 7.86. The maximum atomic E-state index is 2.97. The van der Waals surface area contributed by atoms with Crippen LogP contribution in [0.3, 0.4) is 0 Å². The van der Waals surface area contributed by atoms with Gasteiger partial charge >= 0.3 is 21.7 Å². The van der Waals surface area contributed by atoms with Crippen LogP contribution in [0, 0.1) is 12.1 Å². The monoisotopic (exact) mass is 258 g/mol. The Labute approximate surface area is 120 Å². The van der Waals surface area contributed by atoms with Gasteiger partial charge in [-0.1, -0.05) is 26.7 Å². The summed E-state index contributed by atoms with van der Waals surface area (Å²) in [7, 11) is 0. The molecule has 0 N–H and O–H groups in total. The van der Waals surface area contributed by atoms with E-state index >= 15 is 0 Å². The molecular formula is C16H18Ti. The van der Waals surface area contributed by atoms with Gasteiger partial charge in [-0.05, 0) is 0 Å². The van der Waals surface area contributed by atoms with E-state index in [0.717, 1.165) is 12.8 Å². The molecule has 86 valence electrons. The summed E-state index contributed by atoms with van der Waals surface area (Å²) in [6.07, 6.45) is 2.24. The fourth-order valence-electron chi connectivity index (χ4n) is 1.31. The third-order valence-corrected chi connectivity index (χ3v) is 2.39. The number of hydrogen-bond donors (Lipinski definition) is 0. The van der Waals surface area contributed by atoms with E-state index in [0.29, 0.717) is 0 Å². The molecule has 1 heteroatoms. The van der Waals surface area contributed by atoms with Crippen LogP contribution in [0.5, 0.6) is 0 Å². The van der Waals surface area contributed by atoms with Gasteiger partial charge in [-0.15, -0.1) is 0 Å². The number of benzene rings is 2. The zero-order chi connectivity index (χ0) is 11.6. The second-order valence-corrected chi connectivity index (χ2v) is 3.52. The standard InChI is InChI=1S/2C8H9.Ti/c2*1-2-8-6-4-3-5-7-8;/h2*4-7H,2H2,1H3;/q2*-1;+2. The Hall–Kier alpha value is -0.846. The van der Waals surface area contributed by atoms with Gasteiger partial charge in [0.25, 0.3) is 0 Å². The summed E-state index contributed by atoms with van der Waals surface area (Å²) in [6, 6.07) is 22.0. The first-order valence-corrected chi connectivity index (χ1v) is 5.76. The van der Waals surface area contributed by atoms with Crippen molar-refractivity contribution in [1.29, 1.82) is 0 Å². The zero-order valence-electron chi connectivity index (χ0n) is 10.5. The second-order valence-electron chi connectivity index (χ2n) is 3.52. The molecule has 0 saturated heterocycles. The topological polar surface area (TPSA) is 0 Å². The maximum absolute atomic E-state index is 2.97. The van der Waals surface area contributed by atoms with Crippen molar-refractivity contribution in [2.24, 2.45) is 0 Å². The van der Waals surface area contributed by atoms with E-state index in [1.54, 1.807) is 0 Å². The molecule has 0 bridgehead atoms. The van der Waals surface area contributed by atoms with E-state index < -0.39 is 0 Å². The molecule has 0 fully saturated rings. The van der Waals surface area contributed by atoms with Gasteiger partial charge in [0.1, 0.15) is 0 Å². The van der Waals surface area contributed by atoms with Gasteiger partial charge in [-0.25, -0.2) is 0 Å². The summed E-state index contributed by atoms with van der Waals surface area (Å²) in [5.41, 5.74) is 2.76. The van der Waals surface area contributed by atoms with Crippen LogP contribution in [-0.2, 0) is 34.6 Å². The minimum atomic E-state index is 0. The largest absolute Gasteiger partial charge is 2.00 e. The Morgan fingerprint density at radius 2 is 1.00 bits per heavy atom. The molecule has 0 amide bonds. The summed E-state index contributed by atoms with van der Waals surface area (Å²) < 4.78 is 0. The molecule has 17 heavy (non-hydrogen) atoms. The van der Waals surface area contributed by atoms with Crippen molar-refractivity contribution in [1.82, 2.24) is 0 Å². The van der Waals surface area contributed by atoms with Crippen LogP contribution >= 0.6 is 0 Å². The number of aryl methyl sites for hydroxylation is 2. The summed E-state index contributed by atoms with van der Waals surface area (Å²) >= 11 is 0. The van der Waals surface area contributed by atoms with Gasteiger partial charge < -0.3 is 0 Å². The third kappa shape index (κ3) is 7.15. The number of hydrogen-bond acceptors (Lipinski definition) is 0. The molecular weight excluding hydrogens is 240 g/mol. The van der Waals surface area contributed by atoms with Crippen LogP contribution in [0.2, 0.25) is 0 Å². The van der Waals surface area contributed by atoms with E-state index in [9.17, 15) is 0 Å². The fraction of sp³-hybridized carbons (Fsp3) is 0.250. The predicted octanol–water partition coefficient (Wildman–Crippen LogP) is 4.10. The molecule has 0 aliphatic heterocycles. The molecule has 0 atom stereocenters. The van der Waals surface area contributed by atoms with Crippen molar-refractivity contribution in [2.45, 2.75) is 26.7 Å². The quantitative estimate of drug-likeness (QED) is 0.562. The van der Waals surface area contributed by atoms with Gasteiger partial charge in [0, 0.05) is 0 Å². The van der Waals surface area contributed by atoms with E-state index in [1.807, 2.05) is 24.3 Å². The smallest absolute Gasteiger partial charge is 0.184 e. The van der Waals surface area contributed by atoms with E-state index in [-0.39, 0.29) is 21.7 Å². The van der Waals surface area contributed by atoms with Gasteiger partial charge in [0.2, 0.25) is 0 Å². The first kappa shape index (κ1) is 16.2. The minimum Gasteiger partial charge on any atom is -0.184 e. The van der Waals surface area contributed by atoms with Crippen molar-refractivity contribution in [3.05, 3.63) is 71.8 Å². The minimum absolute atomic E-state index is 0. The third-order valence-electron chi connectivity index (χ3n) is 2.39. The Bertz CT molecular complexity index is 328. The molecule has 2 aromatic carbocycles. The second kappa shape index (κ2) is 10.3. The van der Waals surface area contributed by atoms with E-state index in [2.05, 4.69) is 50.2 Å². The van der Waals surface area contributed by atoms with Crippen LogP contribution in [0.4, 0.5) is 0 Å². The van der Waals surface area contributed by atoms with E-state index in [4.69, 9.17) is 0 Å². The summed E-state index contributed by atoms with van der Waals surface area (Å²) in [5.74, 6) is 0. The molecule has 2 aromatic rings. The molecule has 0 aliphatic carbocycles. The molecule has 0 aromatic heterocycles. The van der Waals surface area contributed by atoms with E-state index in [1.165, 1.54) is 11.1 Å². The van der Waals surface area contributed by atoms with Crippen molar-refractivity contribution < 1.29 is 21.7 Å². The molecule has 0 aliphatic rings. The van der Waals surface area contributed by atoms with Crippen molar-refractivity contribution in [2.75, 3.05) is 0 Å². The fourth-order valence-corrected chi connectivity index (χ4v) is 1.31. The van der Waals surface area contributed by atoms with Gasteiger partial charge in [-0.3, -0.25) is 0 Å². The zero-order valence-corrected chi connectivity index (χ0v) is 12.1. The Morgan fingerprint density at radius 3 is 1.18 bits per heavy atom. The van der Waals surface area contributed by atoms with Crippen molar-refractivity contribution in [3.8, 4) is 0 Å². The maximum Gasteiger partial charge on any atom is 2.00 e. The molecule has 0 saturated carbocycles. The average molecular weight is 258 g/mol. The van der Waals surface area contributed by atoms with Crippen LogP contribution in [0.25, 0.3) is 0 Å². The Kier molecular flexibility index (Phi) is 9.80. The predicted molar refractivity (Wildman–Crippen MR) is 69.3 cm³/mol. The molecule has 0 nitrogen and oxygen atoms in total. The molecule has 0 heterocycles. The van der Waals surface area contributed by atoms with Crippen LogP contribution in [0.15, 0.2) is 48.5 Å². The van der Waals surface area contributed by atoms with Crippen LogP contribution in [0.1, 0.15) is 25.0 Å². The van der Waals surface area contributed by atoms with Crippen molar-refractivity contribution >= 4 is 0 Å². The van der Waals surface area contributed by atoms with Crippen LogP contribution < -0.4 is 0 Å². The van der Waals surface area contributed by atoms with Crippen LogP contribution in [-0.4, -0.2) is 0 Å². The first-order valence-electron chi connectivity index (χ1n) is 5.76. The molecule has 0 radical (unpaired) electrons. The van der Waals surface area contributed by atoms with Gasteiger partial charge in [0.05, 0.1) is 0 Å². The summed E-state index contributed by atoms with van der Waals surface area (Å²) in [6.45, 7) is 4.30. The number of rotatable bonds is 2. The Balaban J connectivity index is 0.000000284. The SMILES string of the molecule is CCc1cc[c-]cc1.CCc1cc[c-]cc1.[Ti+2]. The van der Waals surface area contributed by atoms with Gasteiger partial charge in [-0.2, -0.15) is 71.8 Å². The Morgan fingerprint density at radius 1 is 0.706 bits per heavy atom. The molecule has 2 rings (SSSR count). The molecule has 0 spiro atoms. The van der Waals surface area contributed by atoms with Gasteiger partial charge in [0.15, 0.2) is 0 Å². The van der Waals surface area contributed by atoms with Crippen molar-refractivity contribution in [3.63, 3.8) is 0 Å². The summed E-state index contributed by atoms with van der Waals surface area (Å²) in [4.78, 5) is 0. The summed E-state index contributed by atoms with van der Waals surface area (Å²) in [5, 5.41) is 0. The normalized spacial score (nSPS) is 8.59. The molecule has 0 unspecified atom stereocenters. The average Bonchev–Trinajstić information content (AvgIpc) is 2.41.